The number of nitrogens with zero attached hydrogens (tertiary/aromatic N) is 4. The Morgan fingerprint density at radius 1 is 1.07 bits per heavy atom. The van der Waals surface area contributed by atoms with Crippen molar-refractivity contribution in [2.45, 2.75) is 13.5 Å². The number of anilines is 1. The molecule has 0 unspecified atom stereocenters. The summed E-state index contributed by atoms with van der Waals surface area (Å²) in [5, 5.41) is 23.1. The van der Waals surface area contributed by atoms with Crippen LogP contribution in [0.5, 0.6) is 0 Å². The molecule has 152 valence electrons. The van der Waals surface area contributed by atoms with E-state index in [1.807, 2.05) is 0 Å². The largest absolute Gasteiger partial charge is 0.302 e. The number of benzene rings is 2. The highest BCUT2D eigenvalue weighted by molar-refractivity contribution is 6.30. The monoisotopic (exact) mass is 426 g/mol. The fraction of sp³-hybridized carbons (Fsp3) is 0.100. The molecule has 2 aromatic carbocycles. The molecule has 3 aromatic rings. The van der Waals surface area contributed by atoms with Crippen LogP contribution in [0, 0.1) is 27.2 Å². The van der Waals surface area contributed by atoms with E-state index in [2.05, 4.69) is 4.98 Å². The molecule has 0 aliphatic heterocycles. The average Bonchev–Trinajstić information content (AvgIpc) is 2.73. The van der Waals surface area contributed by atoms with Crippen LogP contribution < -0.4 is 4.90 Å². The summed E-state index contributed by atoms with van der Waals surface area (Å²) in [6.45, 7) is 1.44. The Morgan fingerprint density at radius 3 is 2.33 bits per heavy atom. The quantitative estimate of drug-likeness (QED) is 0.416. The van der Waals surface area contributed by atoms with Crippen molar-refractivity contribution >= 4 is 34.6 Å². The van der Waals surface area contributed by atoms with Gasteiger partial charge in [0.15, 0.2) is 0 Å². The molecule has 0 N–H and O–H groups in total. The van der Waals surface area contributed by atoms with Crippen molar-refractivity contribution in [1.29, 1.82) is 0 Å². The number of amides is 1. The molecule has 3 rings (SSSR count). The highest BCUT2D eigenvalue weighted by atomic mass is 35.5. The van der Waals surface area contributed by atoms with Gasteiger partial charge in [-0.05, 0) is 43.3 Å². The van der Waals surface area contributed by atoms with Crippen LogP contribution in [0.15, 0.2) is 60.8 Å². The Bertz CT molecular complexity index is 1120. The summed E-state index contributed by atoms with van der Waals surface area (Å²) in [5.74, 6) is -0.632. The minimum atomic E-state index is -0.769. The maximum absolute atomic E-state index is 13.4. The van der Waals surface area contributed by atoms with Gasteiger partial charge in [-0.1, -0.05) is 17.7 Å². The fourth-order valence-electron chi connectivity index (χ4n) is 2.90. The van der Waals surface area contributed by atoms with E-state index in [1.54, 1.807) is 48.7 Å². The zero-order chi connectivity index (χ0) is 21.8. The Hall–Kier alpha value is -3.85. The highest BCUT2D eigenvalue weighted by Crippen LogP contribution is 2.30. The maximum atomic E-state index is 13.4. The van der Waals surface area contributed by atoms with Crippen molar-refractivity contribution in [1.82, 2.24) is 4.98 Å². The third-order valence-corrected chi connectivity index (χ3v) is 4.68. The molecular weight excluding hydrogens is 412 g/mol. The molecule has 0 atom stereocenters. The summed E-state index contributed by atoms with van der Waals surface area (Å²) < 4.78 is 0. The molecule has 1 aromatic heterocycles. The summed E-state index contributed by atoms with van der Waals surface area (Å²) in [6.07, 6.45) is 1.57. The van der Waals surface area contributed by atoms with Crippen LogP contribution in [0.3, 0.4) is 0 Å². The normalized spacial score (nSPS) is 10.5. The molecular formula is C20H15ClN4O5. The fourth-order valence-corrected chi connectivity index (χ4v) is 3.03. The summed E-state index contributed by atoms with van der Waals surface area (Å²) >= 11 is 5.94. The van der Waals surface area contributed by atoms with E-state index in [4.69, 9.17) is 11.6 Å². The second kappa shape index (κ2) is 8.66. The highest BCUT2D eigenvalue weighted by Gasteiger charge is 2.28. The molecule has 0 spiro atoms. The third kappa shape index (κ3) is 4.41. The van der Waals surface area contributed by atoms with Gasteiger partial charge in [0.2, 0.25) is 0 Å². The first-order valence-electron chi connectivity index (χ1n) is 8.68. The molecule has 1 heterocycles. The maximum Gasteiger partial charge on any atom is 0.279 e. The van der Waals surface area contributed by atoms with E-state index in [0.717, 1.165) is 12.1 Å². The lowest BCUT2D eigenvalue weighted by molar-refractivity contribution is -0.394. The summed E-state index contributed by atoms with van der Waals surface area (Å²) in [6, 6.07) is 13.5. The first-order valence-corrected chi connectivity index (χ1v) is 9.06. The van der Waals surface area contributed by atoms with Crippen molar-refractivity contribution in [3.05, 3.63) is 103 Å². The first kappa shape index (κ1) is 20.9. The molecule has 30 heavy (non-hydrogen) atoms. The molecule has 0 saturated heterocycles. The molecule has 0 bridgehead atoms. The second-order valence-electron chi connectivity index (χ2n) is 6.34. The van der Waals surface area contributed by atoms with Crippen LogP contribution in [0.25, 0.3) is 0 Å². The molecule has 0 radical (unpaired) electrons. The number of nitro benzene ring substituents is 2. The van der Waals surface area contributed by atoms with E-state index in [1.165, 1.54) is 11.8 Å². The van der Waals surface area contributed by atoms with E-state index in [0.29, 0.717) is 16.4 Å². The third-order valence-electron chi connectivity index (χ3n) is 4.43. The lowest BCUT2D eigenvalue weighted by Crippen LogP contribution is -2.31. The Morgan fingerprint density at radius 2 is 1.77 bits per heavy atom. The van der Waals surface area contributed by atoms with Crippen molar-refractivity contribution in [3.8, 4) is 0 Å². The number of hydrogen-bond acceptors (Lipinski definition) is 6. The summed E-state index contributed by atoms with van der Waals surface area (Å²) in [5.41, 5.74) is -0.106. The molecule has 0 saturated carbocycles. The Labute approximate surface area is 175 Å². The number of rotatable bonds is 6. The number of nitro groups is 2. The Kier molecular flexibility index (Phi) is 6.03. The van der Waals surface area contributed by atoms with Gasteiger partial charge in [-0.25, -0.2) is 0 Å². The van der Waals surface area contributed by atoms with Crippen molar-refractivity contribution < 1.29 is 14.6 Å². The van der Waals surface area contributed by atoms with E-state index < -0.39 is 27.1 Å². The second-order valence-corrected chi connectivity index (χ2v) is 6.78. The first-order chi connectivity index (χ1) is 14.3. The van der Waals surface area contributed by atoms with Gasteiger partial charge in [-0.3, -0.25) is 30.0 Å². The standard InChI is InChI=1S/C20H15ClN4O5/c1-13-18(10-17(24(27)28)11-19(13)25(29)30)20(26)23(12-15-4-2-3-9-22-15)16-7-5-14(21)6-8-16/h2-11H,12H2,1H3. The van der Waals surface area contributed by atoms with Crippen LogP contribution >= 0.6 is 11.6 Å². The number of non-ortho nitro benzene ring substituents is 1. The number of carbonyl (C=O) groups excluding carboxylic acids is 1. The number of carbonyl (C=O) groups is 1. The minimum Gasteiger partial charge on any atom is -0.302 e. The zero-order valence-corrected chi connectivity index (χ0v) is 16.4. The topological polar surface area (TPSA) is 119 Å². The number of halogens is 1. The van der Waals surface area contributed by atoms with Crippen LogP contribution in [0.1, 0.15) is 21.6 Å². The van der Waals surface area contributed by atoms with Gasteiger partial charge in [-0.2, -0.15) is 0 Å². The van der Waals surface area contributed by atoms with E-state index >= 15 is 0 Å². The van der Waals surface area contributed by atoms with Crippen LogP contribution in [0.4, 0.5) is 17.1 Å². The number of pyridine rings is 1. The molecule has 0 aliphatic carbocycles. The average molecular weight is 427 g/mol. The van der Waals surface area contributed by atoms with Gasteiger partial charge in [-0.15, -0.1) is 0 Å². The van der Waals surface area contributed by atoms with Gasteiger partial charge in [0.25, 0.3) is 17.3 Å². The van der Waals surface area contributed by atoms with Gasteiger partial charge in [0, 0.05) is 28.5 Å². The van der Waals surface area contributed by atoms with Gasteiger partial charge in [0.1, 0.15) is 0 Å². The van der Waals surface area contributed by atoms with Crippen molar-refractivity contribution in [2.75, 3.05) is 4.90 Å². The van der Waals surface area contributed by atoms with Crippen LogP contribution in [0.2, 0.25) is 5.02 Å². The summed E-state index contributed by atoms with van der Waals surface area (Å²) in [7, 11) is 0. The van der Waals surface area contributed by atoms with Crippen LogP contribution in [-0.2, 0) is 6.54 Å². The van der Waals surface area contributed by atoms with Crippen molar-refractivity contribution in [3.63, 3.8) is 0 Å². The van der Waals surface area contributed by atoms with Crippen LogP contribution in [-0.4, -0.2) is 20.7 Å². The van der Waals surface area contributed by atoms with E-state index in [9.17, 15) is 25.0 Å². The molecule has 0 aliphatic rings. The predicted molar refractivity (Wildman–Crippen MR) is 111 cm³/mol. The smallest absolute Gasteiger partial charge is 0.279 e. The lowest BCUT2D eigenvalue weighted by atomic mass is 10.0. The minimum absolute atomic E-state index is 0.0376. The zero-order valence-electron chi connectivity index (χ0n) is 15.7. The molecule has 9 nitrogen and oxygen atoms in total. The predicted octanol–water partition coefficient (Wildman–Crippen LogP) is 4.71. The molecule has 10 heteroatoms. The molecule has 0 fully saturated rings. The SMILES string of the molecule is Cc1c(C(=O)N(Cc2ccccn2)c2ccc(Cl)cc2)cc([N+](=O)[O-])cc1[N+](=O)[O-]. The van der Waals surface area contributed by atoms with Gasteiger partial charge < -0.3 is 4.90 Å². The number of hydrogen-bond donors (Lipinski definition) is 0. The summed E-state index contributed by atoms with van der Waals surface area (Å²) in [4.78, 5) is 40.1. The van der Waals surface area contributed by atoms with Crippen molar-refractivity contribution in [2.24, 2.45) is 0 Å². The van der Waals surface area contributed by atoms with Gasteiger partial charge in [0.05, 0.1) is 33.7 Å². The Balaban J connectivity index is 2.14. The number of aromatic nitrogens is 1. The van der Waals surface area contributed by atoms with E-state index in [-0.39, 0.29) is 17.7 Å². The molecule has 1 amide bonds. The lowest BCUT2D eigenvalue weighted by Gasteiger charge is -2.23. The van der Waals surface area contributed by atoms with Gasteiger partial charge >= 0.3 is 0 Å².